The maximum Gasteiger partial charge on any atom is 0.255 e. The molecule has 0 bridgehead atoms. The molecule has 1 N–H and O–H groups in total. The predicted octanol–water partition coefficient (Wildman–Crippen LogP) is 5.17. The maximum atomic E-state index is 14.2. The largest absolute Gasteiger partial charge is 0.380 e. The highest BCUT2D eigenvalue weighted by atomic mass is 19.1. The molecule has 1 fully saturated rings. The van der Waals surface area contributed by atoms with Crippen LogP contribution in [0.5, 0.6) is 0 Å². The number of nitrogens with zero attached hydrogens (tertiary/aromatic N) is 2. The number of amides is 1. The Bertz CT molecular complexity index is 1050. The summed E-state index contributed by atoms with van der Waals surface area (Å²) in [5.41, 5.74) is 3.40. The number of hydrogen-bond acceptors (Lipinski definition) is 4. The van der Waals surface area contributed by atoms with Crippen molar-refractivity contribution in [3.8, 4) is 0 Å². The number of halogens is 1. The molecule has 0 radical (unpaired) electrons. The molecular formula is C25H28FN3O2. The molecule has 1 amide bonds. The van der Waals surface area contributed by atoms with Crippen LogP contribution in [0.4, 0.5) is 4.39 Å². The second-order valence-corrected chi connectivity index (χ2v) is 8.20. The van der Waals surface area contributed by atoms with Crippen molar-refractivity contribution in [2.75, 3.05) is 13.2 Å². The lowest BCUT2D eigenvalue weighted by Crippen LogP contribution is -2.25. The van der Waals surface area contributed by atoms with Crippen molar-refractivity contribution < 1.29 is 13.9 Å². The number of rotatable bonds is 7. The van der Waals surface area contributed by atoms with Crippen LogP contribution in [-0.4, -0.2) is 30.8 Å². The Hall–Kier alpha value is -3.12. The van der Waals surface area contributed by atoms with Gasteiger partial charge in [-0.1, -0.05) is 24.3 Å². The van der Waals surface area contributed by atoms with Crippen molar-refractivity contribution in [1.82, 2.24) is 10.3 Å². The quantitative estimate of drug-likeness (QED) is 0.496. The van der Waals surface area contributed by atoms with Gasteiger partial charge in [-0.15, -0.1) is 0 Å². The van der Waals surface area contributed by atoms with Gasteiger partial charge in [0.15, 0.2) is 0 Å². The van der Waals surface area contributed by atoms with Gasteiger partial charge in [-0.05, 0) is 63.7 Å². The van der Waals surface area contributed by atoms with Gasteiger partial charge < -0.3 is 10.1 Å². The second kappa shape index (κ2) is 9.35. The maximum absolute atomic E-state index is 14.2. The molecule has 3 rings (SSSR count). The van der Waals surface area contributed by atoms with Gasteiger partial charge in [0.1, 0.15) is 5.67 Å². The van der Waals surface area contributed by atoms with Crippen LogP contribution in [0, 0.1) is 0 Å². The van der Waals surface area contributed by atoms with Crippen LogP contribution in [0.1, 0.15) is 60.8 Å². The molecule has 2 aromatic rings. The summed E-state index contributed by atoms with van der Waals surface area (Å²) < 4.78 is 19.5. The monoisotopic (exact) mass is 421 g/mol. The minimum absolute atomic E-state index is 0.214. The van der Waals surface area contributed by atoms with Gasteiger partial charge in [-0.3, -0.25) is 14.8 Å². The molecule has 0 unspecified atom stereocenters. The first-order valence-electron chi connectivity index (χ1n) is 10.2. The molecule has 0 spiro atoms. The molecule has 2 heterocycles. The number of carbonyl (C=O) groups is 1. The van der Waals surface area contributed by atoms with Crippen LogP contribution in [0.25, 0.3) is 5.57 Å². The number of alkyl halides is 1. The third-order valence-electron chi connectivity index (χ3n) is 5.24. The molecule has 0 saturated carbocycles. The number of hydrogen-bond donors (Lipinski definition) is 1. The summed E-state index contributed by atoms with van der Waals surface area (Å²) in [4.78, 5) is 20.8. The number of benzene rings is 1. The second-order valence-electron chi connectivity index (χ2n) is 8.20. The molecule has 31 heavy (non-hydrogen) atoms. The molecule has 1 saturated heterocycles. The van der Waals surface area contributed by atoms with E-state index in [-0.39, 0.29) is 11.6 Å². The summed E-state index contributed by atoms with van der Waals surface area (Å²) in [5.74, 6) is 0.0780. The summed E-state index contributed by atoms with van der Waals surface area (Å²) in [7, 11) is 0. The van der Waals surface area contributed by atoms with Crippen LogP contribution >= 0.6 is 0 Å². The fourth-order valence-corrected chi connectivity index (χ4v) is 3.27. The van der Waals surface area contributed by atoms with Crippen molar-refractivity contribution in [3.05, 3.63) is 82.4 Å². The van der Waals surface area contributed by atoms with Crippen LogP contribution in [0.3, 0.4) is 0 Å². The number of aromatic nitrogens is 1. The molecule has 1 aromatic heterocycles. The fraction of sp³-hybridized carbons (Fsp3) is 0.320. The lowest BCUT2D eigenvalue weighted by Gasteiger charge is -2.26. The Labute approximate surface area is 182 Å². The standard InChI is InChI=1S/C25H28FN3O2/c1-16(29-24(30)20-9-10-28-23(13-20)25(3,4)26)11-22(17(2)27-5)19-8-6-7-18(12-19)21-14-31-15-21/h6-13,21H,5,14-15H2,1-4H3,(H,29,30)/b16-11+,22-17+. The highest BCUT2D eigenvalue weighted by Crippen LogP contribution is 2.29. The third kappa shape index (κ3) is 5.52. The van der Waals surface area contributed by atoms with E-state index < -0.39 is 5.67 Å². The first-order chi connectivity index (χ1) is 14.7. The normalized spacial score (nSPS) is 15.7. The Morgan fingerprint density at radius 1 is 1.26 bits per heavy atom. The molecule has 162 valence electrons. The zero-order chi connectivity index (χ0) is 22.6. The van der Waals surface area contributed by atoms with E-state index in [1.54, 1.807) is 13.0 Å². The number of ether oxygens (including phenoxy) is 1. The van der Waals surface area contributed by atoms with Crippen molar-refractivity contribution in [1.29, 1.82) is 0 Å². The first-order valence-corrected chi connectivity index (χ1v) is 10.2. The lowest BCUT2D eigenvalue weighted by molar-refractivity contribution is 0.00841. The zero-order valence-corrected chi connectivity index (χ0v) is 18.4. The molecule has 1 aliphatic heterocycles. The summed E-state index contributed by atoms with van der Waals surface area (Å²) in [6.07, 6.45) is 3.32. The minimum Gasteiger partial charge on any atom is -0.380 e. The number of carbonyl (C=O) groups excluding carboxylic acids is 1. The smallest absolute Gasteiger partial charge is 0.255 e. The Morgan fingerprint density at radius 2 is 2.00 bits per heavy atom. The summed E-state index contributed by atoms with van der Waals surface area (Å²) in [6.45, 7) is 11.6. The first kappa shape index (κ1) is 22.6. The number of nitrogens with one attached hydrogen (secondary N) is 1. The van der Waals surface area contributed by atoms with Crippen molar-refractivity contribution in [2.24, 2.45) is 4.99 Å². The molecule has 1 aromatic carbocycles. The number of aliphatic imine (C=N–C) groups is 1. The molecular weight excluding hydrogens is 393 g/mol. The van der Waals surface area contributed by atoms with Gasteiger partial charge in [0.25, 0.3) is 5.91 Å². The Kier molecular flexibility index (Phi) is 6.81. The topological polar surface area (TPSA) is 63.6 Å². The van der Waals surface area contributed by atoms with Gasteiger partial charge in [-0.2, -0.15) is 0 Å². The highest BCUT2D eigenvalue weighted by molar-refractivity contribution is 5.95. The average Bonchev–Trinajstić information content (AvgIpc) is 2.70. The van der Waals surface area contributed by atoms with Gasteiger partial charge in [-0.25, -0.2) is 4.39 Å². The molecule has 0 atom stereocenters. The Balaban J connectivity index is 1.85. The van der Waals surface area contributed by atoms with E-state index in [1.807, 2.05) is 25.1 Å². The summed E-state index contributed by atoms with van der Waals surface area (Å²) in [6, 6.07) is 11.3. The van der Waals surface area contributed by atoms with Gasteiger partial charge in [0, 0.05) is 34.6 Å². The fourth-order valence-electron chi connectivity index (χ4n) is 3.27. The van der Waals surface area contributed by atoms with E-state index in [0.29, 0.717) is 17.2 Å². The van der Waals surface area contributed by atoms with E-state index in [9.17, 15) is 9.18 Å². The van der Waals surface area contributed by atoms with E-state index in [1.165, 1.54) is 31.7 Å². The van der Waals surface area contributed by atoms with Gasteiger partial charge >= 0.3 is 0 Å². The SMILES string of the molecule is C=N/C(C)=C(\C=C(/C)NC(=O)c1ccnc(C(C)(C)F)c1)c1cccc(C2COC2)c1. The van der Waals surface area contributed by atoms with Crippen molar-refractivity contribution in [2.45, 2.75) is 39.3 Å². The molecule has 0 aliphatic carbocycles. The van der Waals surface area contributed by atoms with E-state index in [0.717, 1.165) is 30.0 Å². The molecule has 6 heteroatoms. The Morgan fingerprint density at radius 3 is 2.61 bits per heavy atom. The third-order valence-corrected chi connectivity index (χ3v) is 5.24. The van der Waals surface area contributed by atoms with Crippen LogP contribution in [-0.2, 0) is 10.4 Å². The van der Waals surface area contributed by atoms with Gasteiger partial charge in [0.05, 0.1) is 18.9 Å². The zero-order valence-electron chi connectivity index (χ0n) is 18.4. The van der Waals surface area contributed by atoms with Crippen molar-refractivity contribution in [3.63, 3.8) is 0 Å². The van der Waals surface area contributed by atoms with E-state index in [2.05, 4.69) is 34.1 Å². The van der Waals surface area contributed by atoms with Crippen LogP contribution in [0.15, 0.2) is 65.1 Å². The predicted molar refractivity (Wildman–Crippen MR) is 122 cm³/mol. The highest BCUT2D eigenvalue weighted by Gasteiger charge is 2.22. The van der Waals surface area contributed by atoms with Crippen LogP contribution < -0.4 is 5.32 Å². The molecule has 1 aliphatic rings. The van der Waals surface area contributed by atoms with E-state index >= 15 is 0 Å². The van der Waals surface area contributed by atoms with E-state index in [4.69, 9.17) is 4.74 Å². The van der Waals surface area contributed by atoms with Crippen molar-refractivity contribution >= 4 is 18.2 Å². The number of pyridine rings is 1. The minimum atomic E-state index is -1.62. The summed E-state index contributed by atoms with van der Waals surface area (Å²) in [5, 5.41) is 2.87. The van der Waals surface area contributed by atoms with Crippen LogP contribution in [0.2, 0.25) is 0 Å². The average molecular weight is 422 g/mol. The molecule has 5 nitrogen and oxygen atoms in total. The number of allylic oxidation sites excluding steroid dienone is 4. The lowest BCUT2D eigenvalue weighted by atomic mass is 9.93. The summed E-state index contributed by atoms with van der Waals surface area (Å²) >= 11 is 0. The van der Waals surface area contributed by atoms with Gasteiger partial charge in [0.2, 0.25) is 0 Å².